The Hall–Kier alpha value is -3.76. The fourth-order valence-corrected chi connectivity index (χ4v) is 4.10. The Balaban J connectivity index is 1.59. The molecule has 2 aromatic carbocycles. The van der Waals surface area contributed by atoms with E-state index >= 15 is 4.39 Å². The van der Waals surface area contributed by atoms with Crippen LogP contribution in [0.4, 0.5) is 17.6 Å². The van der Waals surface area contributed by atoms with E-state index in [0.717, 1.165) is 22.6 Å². The molecule has 7 nitrogen and oxygen atoms in total. The summed E-state index contributed by atoms with van der Waals surface area (Å²) in [6, 6.07) is 4.11. The first-order chi connectivity index (χ1) is 16.0. The standard InChI is InChI=1S/C23H19F4N3O4/c1-11-2-4-12(5-3-11)19(23(25,26)27)29-20(32)14-7-6-13-15(18(14)24)10-30(22(13)34)16-8-9-17(31)28-21(16)33/h2-7,16,19H,8-10H2,1H3,(H,29,32)(H,28,31,33)/t16?,19-/m1/s1. The average Bonchev–Trinajstić information content (AvgIpc) is 3.09. The lowest BCUT2D eigenvalue weighted by atomic mass is 10.0. The molecule has 0 spiro atoms. The van der Waals surface area contributed by atoms with Gasteiger partial charge in [0.25, 0.3) is 11.8 Å². The molecule has 2 aliphatic rings. The van der Waals surface area contributed by atoms with Crippen molar-refractivity contribution in [2.45, 2.75) is 44.6 Å². The van der Waals surface area contributed by atoms with Gasteiger partial charge in [0.1, 0.15) is 11.9 Å². The molecule has 1 unspecified atom stereocenters. The summed E-state index contributed by atoms with van der Waals surface area (Å²) in [4.78, 5) is 50.0. The first-order valence-electron chi connectivity index (χ1n) is 10.4. The molecule has 0 saturated carbocycles. The lowest BCUT2D eigenvalue weighted by Gasteiger charge is -2.29. The molecule has 0 aliphatic carbocycles. The Morgan fingerprint density at radius 2 is 1.79 bits per heavy atom. The fourth-order valence-electron chi connectivity index (χ4n) is 4.10. The quantitative estimate of drug-likeness (QED) is 0.523. The third-order valence-electron chi connectivity index (χ3n) is 5.91. The zero-order valence-electron chi connectivity index (χ0n) is 17.8. The molecule has 2 aliphatic heterocycles. The molecule has 0 radical (unpaired) electrons. The minimum Gasteiger partial charge on any atom is -0.337 e. The van der Waals surface area contributed by atoms with Crippen molar-refractivity contribution in [3.8, 4) is 0 Å². The fraction of sp³-hybridized carbons (Fsp3) is 0.304. The van der Waals surface area contributed by atoms with Gasteiger partial charge in [0, 0.05) is 17.5 Å². The largest absolute Gasteiger partial charge is 0.412 e. The number of nitrogens with zero attached hydrogens (tertiary/aromatic N) is 1. The molecule has 1 fully saturated rings. The molecule has 0 aromatic heterocycles. The summed E-state index contributed by atoms with van der Waals surface area (Å²) < 4.78 is 56.2. The van der Waals surface area contributed by atoms with Crippen molar-refractivity contribution < 1.29 is 36.7 Å². The van der Waals surface area contributed by atoms with Gasteiger partial charge in [-0.05, 0) is 31.0 Å². The molecule has 0 bridgehead atoms. The van der Waals surface area contributed by atoms with Crippen molar-refractivity contribution in [1.29, 1.82) is 0 Å². The van der Waals surface area contributed by atoms with Crippen molar-refractivity contribution >= 4 is 23.6 Å². The van der Waals surface area contributed by atoms with Gasteiger partial charge in [0.15, 0.2) is 6.04 Å². The predicted molar refractivity (Wildman–Crippen MR) is 110 cm³/mol. The number of alkyl halides is 3. The van der Waals surface area contributed by atoms with E-state index in [-0.39, 0.29) is 36.1 Å². The van der Waals surface area contributed by atoms with Gasteiger partial charge in [0.05, 0.1) is 12.1 Å². The van der Waals surface area contributed by atoms with Gasteiger partial charge in [-0.15, -0.1) is 0 Å². The summed E-state index contributed by atoms with van der Waals surface area (Å²) in [5.74, 6) is -4.27. The van der Waals surface area contributed by atoms with Crippen molar-refractivity contribution in [3.05, 3.63) is 70.0 Å². The van der Waals surface area contributed by atoms with Crippen LogP contribution >= 0.6 is 0 Å². The number of benzene rings is 2. The van der Waals surface area contributed by atoms with E-state index in [1.807, 2.05) is 5.32 Å². The Bertz CT molecular complexity index is 1190. The Morgan fingerprint density at radius 1 is 1.12 bits per heavy atom. The number of hydrogen-bond acceptors (Lipinski definition) is 4. The van der Waals surface area contributed by atoms with Crippen LogP contribution in [0.5, 0.6) is 0 Å². The number of fused-ring (bicyclic) bond motifs is 1. The number of amides is 4. The van der Waals surface area contributed by atoms with E-state index in [4.69, 9.17) is 0 Å². The third-order valence-corrected chi connectivity index (χ3v) is 5.91. The summed E-state index contributed by atoms with van der Waals surface area (Å²) in [7, 11) is 0. The van der Waals surface area contributed by atoms with Crippen molar-refractivity contribution in [3.63, 3.8) is 0 Å². The lowest BCUT2D eigenvalue weighted by molar-refractivity contribution is -0.155. The van der Waals surface area contributed by atoms with E-state index in [2.05, 4.69) is 5.32 Å². The van der Waals surface area contributed by atoms with E-state index in [0.29, 0.717) is 0 Å². The van der Waals surface area contributed by atoms with Gasteiger partial charge in [-0.25, -0.2) is 4.39 Å². The van der Waals surface area contributed by atoms with Crippen LogP contribution in [0.25, 0.3) is 0 Å². The molecule has 178 valence electrons. The second-order valence-electron chi connectivity index (χ2n) is 8.21. The van der Waals surface area contributed by atoms with Crippen LogP contribution in [0.15, 0.2) is 36.4 Å². The van der Waals surface area contributed by atoms with E-state index in [1.54, 1.807) is 6.92 Å². The highest BCUT2D eigenvalue weighted by molar-refractivity contribution is 6.06. The van der Waals surface area contributed by atoms with E-state index < -0.39 is 53.3 Å². The van der Waals surface area contributed by atoms with Crippen molar-refractivity contribution in [2.75, 3.05) is 0 Å². The Labute approximate surface area is 191 Å². The monoisotopic (exact) mass is 477 g/mol. The predicted octanol–water partition coefficient (Wildman–Crippen LogP) is 2.93. The number of aryl methyl sites for hydroxylation is 1. The second-order valence-corrected chi connectivity index (χ2v) is 8.21. The molecule has 2 N–H and O–H groups in total. The van der Waals surface area contributed by atoms with Crippen LogP contribution < -0.4 is 10.6 Å². The summed E-state index contributed by atoms with van der Waals surface area (Å²) in [5.41, 5.74) is -0.429. The molecule has 11 heteroatoms. The molecule has 4 amide bonds. The highest BCUT2D eigenvalue weighted by Crippen LogP contribution is 2.34. The number of hydrogen-bond donors (Lipinski definition) is 2. The Kier molecular flexibility index (Phi) is 5.88. The van der Waals surface area contributed by atoms with E-state index in [9.17, 15) is 32.3 Å². The summed E-state index contributed by atoms with van der Waals surface area (Å²) in [5, 5.41) is 3.95. The highest BCUT2D eigenvalue weighted by atomic mass is 19.4. The maximum absolute atomic E-state index is 15.2. The molecule has 4 rings (SSSR count). The SMILES string of the molecule is Cc1ccc([C@@H](NC(=O)c2ccc3c(c2F)CN(C2CCC(=O)NC2=O)C3=O)C(F)(F)F)cc1. The minimum absolute atomic E-state index is 0.00448. The van der Waals surface area contributed by atoms with Crippen LogP contribution in [-0.4, -0.2) is 40.7 Å². The maximum Gasteiger partial charge on any atom is 0.412 e. The van der Waals surface area contributed by atoms with Crippen LogP contribution in [0.2, 0.25) is 0 Å². The van der Waals surface area contributed by atoms with Gasteiger partial charge in [0.2, 0.25) is 11.8 Å². The molecule has 34 heavy (non-hydrogen) atoms. The molecular formula is C23H19F4N3O4. The first kappa shape index (κ1) is 23.4. The number of nitrogens with one attached hydrogen (secondary N) is 2. The van der Waals surface area contributed by atoms with Crippen LogP contribution in [0.1, 0.15) is 56.3 Å². The number of imide groups is 1. The van der Waals surface area contributed by atoms with Gasteiger partial charge in [-0.2, -0.15) is 13.2 Å². The zero-order chi connectivity index (χ0) is 24.8. The molecule has 2 heterocycles. The van der Waals surface area contributed by atoms with Crippen LogP contribution in [0.3, 0.4) is 0 Å². The average molecular weight is 477 g/mol. The van der Waals surface area contributed by atoms with E-state index in [1.165, 1.54) is 24.3 Å². The topological polar surface area (TPSA) is 95.6 Å². The zero-order valence-corrected chi connectivity index (χ0v) is 17.8. The minimum atomic E-state index is -4.84. The number of piperidine rings is 1. The number of carbonyl (C=O) groups is 4. The lowest BCUT2D eigenvalue weighted by Crippen LogP contribution is -2.52. The number of carbonyl (C=O) groups excluding carboxylic acids is 4. The van der Waals surface area contributed by atoms with Gasteiger partial charge in [-0.3, -0.25) is 24.5 Å². The highest BCUT2D eigenvalue weighted by Gasteiger charge is 2.44. The van der Waals surface area contributed by atoms with Gasteiger partial charge in [-0.1, -0.05) is 29.8 Å². The Morgan fingerprint density at radius 3 is 2.41 bits per heavy atom. The van der Waals surface area contributed by atoms with Gasteiger partial charge < -0.3 is 10.2 Å². The first-order valence-corrected chi connectivity index (χ1v) is 10.4. The van der Waals surface area contributed by atoms with Crippen molar-refractivity contribution in [1.82, 2.24) is 15.5 Å². The number of rotatable bonds is 4. The molecule has 2 aromatic rings. The third kappa shape index (κ3) is 4.25. The second kappa shape index (κ2) is 8.54. The normalized spacial score (nSPS) is 19.0. The maximum atomic E-state index is 15.2. The molecular weight excluding hydrogens is 458 g/mol. The summed E-state index contributed by atoms with van der Waals surface area (Å²) in [6.45, 7) is 1.35. The van der Waals surface area contributed by atoms with Gasteiger partial charge >= 0.3 is 6.18 Å². The summed E-state index contributed by atoms with van der Waals surface area (Å²) >= 11 is 0. The van der Waals surface area contributed by atoms with Crippen molar-refractivity contribution in [2.24, 2.45) is 0 Å². The molecule has 1 saturated heterocycles. The van der Waals surface area contributed by atoms with Crippen LogP contribution in [-0.2, 0) is 16.1 Å². The number of halogens is 4. The smallest absolute Gasteiger partial charge is 0.337 e. The summed E-state index contributed by atoms with van der Waals surface area (Å²) in [6.07, 6.45) is -4.77. The van der Waals surface area contributed by atoms with Crippen LogP contribution in [0, 0.1) is 12.7 Å². The molecule has 2 atom stereocenters.